The van der Waals surface area contributed by atoms with E-state index in [2.05, 4.69) is 22.0 Å². The van der Waals surface area contributed by atoms with Gasteiger partial charge in [0.1, 0.15) is 0 Å². The number of hydrogen-bond acceptors (Lipinski definition) is 3. The van der Waals surface area contributed by atoms with E-state index in [0.29, 0.717) is 24.2 Å². The molecule has 5 heteroatoms. The Morgan fingerprint density at radius 2 is 1.27 bits per heavy atom. The van der Waals surface area contributed by atoms with Crippen molar-refractivity contribution >= 4 is 28.9 Å². The highest BCUT2D eigenvalue weighted by atomic mass is 16.2. The zero-order valence-corrected chi connectivity index (χ0v) is 17.4. The van der Waals surface area contributed by atoms with E-state index in [4.69, 9.17) is 0 Å². The summed E-state index contributed by atoms with van der Waals surface area (Å²) in [7, 11) is 0. The first kappa shape index (κ1) is 21.1. The van der Waals surface area contributed by atoms with Gasteiger partial charge in [-0.1, -0.05) is 36.4 Å². The molecule has 0 fully saturated rings. The van der Waals surface area contributed by atoms with Gasteiger partial charge in [-0.15, -0.1) is 0 Å². The van der Waals surface area contributed by atoms with Crippen molar-refractivity contribution in [1.82, 2.24) is 0 Å². The van der Waals surface area contributed by atoms with Gasteiger partial charge >= 0.3 is 0 Å². The lowest BCUT2D eigenvalue weighted by molar-refractivity contribution is -0.116. The molecule has 0 saturated heterocycles. The van der Waals surface area contributed by atoms with E-state index in [1.165, 1.54) is 0 Å². The predicted octanol–water partition coefficient (Wildman–Crippen LogP) is 4.93. The van der Waals surface area contributed by atoms with Crippen LogP contribution in [0.5, 0.6) is 0 Å². The average Bonchev–Trinajstić information content (AvgIpc) is 2.72. The summed E-state index contributed by atoms with van der Waals surface area (Å²) in [6.45, 7) is 4.24. The van der Waals surface area contributed by atoms with Crippen molar-refractivity contribution in [3.63, 3.8) is 0 Å². The molecule has 0 atom stereocenters. The molecule has 3 N–H and O–H groups in total. The Bertz CT molecular complexity index is 978. The molecule has 30 heavy (non-hydrogen) atoms. The minimum Gasteiger partial charge on any atom is -0.376 e. The van der Waals surface area contributed by atoms with E-state index in [0.717, 1.165) is 22.4 Å². The van der Waals surface area contributed by atoms with Crippen LogP contribution in [-0.4, -0.2) is 18.4 Å². The van der Waals surface area contributed by atoms with Gasteiger partial charge in [-0.25, -0.2) is 0 Å². The number of anilines is 3. The molecule has 2 amide bonds. The summed E-state index contributed by atoms with van der Waals surface area (Å²) in [6.07, 6.45) is 1.13. The summed E-state index contributed by atoms with van der Waals surface area (Å²) in [5.74, 6) is -0.165. The molecule has 5 nitrogen and oxygen atoms in total. The van der Waals surface area contributed by atoms with Gasteiger partial charge in [0.25, 0.3) is 0 Å². The van der Waals surface area contributed by atoms with Crippen LogP contribution in [0.15, 0.2) is 72.8 Å². The van der Waals surface area contributed by atoms with Crippen LogP contribution < -0.4 is 16.0 Å². The number of nitrogens with one attached hydrogen (secondary N) is 3. The fraction of sp³-hybridized carbons (Fsp3) is 0.200. The van der Waals surface area contributed by atoms with Crippen molar-refractivity contribution in [2.45, 2.75) is 26.7 Å². The number of carbonyl (C=O) groups is 2. The van der Waals surface area contributed by atoms with Crippen molar-refractivity contribution in [3.05, 3.63) is 89.5 Å². The van der Waals surface area contributed by atoms with E-state index in [-0.39, 0.29) is 18.4 Å². The van der Waals surface area contributed by atoms with Crippen molar-refractivity contribution in [2.75, 3.05) is 22.5 Å². The Balaban J connectivity index is 1.44. The molecular weight excluding hydrogens is 374 g/mol. The zero-order chi connectivity index (χ0) is 21.3. The third-order valence-electron chi connectivity index (χ3n) is 4.61. The number of carbonyl (C=O) groups excluding carboxylic acids is 2. The van der Waals surface area contributed by atoms with Crippen LogP contribution in [0, 0.1) is 13.8 Å². The van der Waals surface area contributed by atoms with Crippen molar-refractivity contribution in [2.24, 2.45) is 0 Å². The minimum atomic E-state index is -0.131. The maximum Gasteiger partial charge on any atom is 0.243 e. The standard InChI is InChI=1S/C25H27N3O2/c1-18-14-19(2)16-23(15-18)26-17-25(30)28-22-11-9-21(10-12-22)27-24(29)13-8-20-6-4-3-5-7-20/h3-7,9-12,14-16,26H,8,13,17H2,1-2H3,(H,27,29)(H,28,30). The normalized spacial score (nSPS) is 10.3. The predicted molar refractivity (Wildman–Crippen MR) is 123 cm³/mol. The number of aryl methyl sites for hydroxylation is 3. The first-order chi connectivity index (χ1) is 14.5. The van der Waals surface area contributed by atoms with Crippen LogP contribution in [0.2, 0.25) is 0 Å². The summed E-state index contributed by atoms with van der Waals surface area (Å²) < 4.78 is 0. The van der Waals surface area contributed by atoms with Crippen molar-refractivity contribution < 1.29 is 9.59 Å². The van der Waals surface area contributed by atoms with Crippen molar-refractivity contribution in [3.8, 4) is 0 Å². The third-order valence-corrected chi connectivity index (χ3v) is 4.61. The van der Waals surface area contributed by atoms with Crippen molar-refractivity contribution in [1.29, 1.82) is 0 Å². The quantitative estimate of drug-likeness (QED) is 0.501. The second-order valence-electron chi connectivity index (χ2n) is 7.39. The number of rotatable bonds is 8. The average molecular weight is 402 g/mol. The molecule has 3 rings (SSSR count). The van der Waals surface area contributed by atoms with Gasteiger partial charge in [-0.05, 0) is 73.4 Å². The largest absolute Gasteiger partial charge is 0.376 e. The lowest BCUT2D eigenvalue weighted by Gasteiger charge is -2.10. The lowest BCUT2D eigenvalue weighted by Crippen LogP contribution is -2.21. The monoisotopic (exact) mass is 401 g/mol. The molecule has 0 aliphatic heterocycles. The van der Waals surface area contributed by atoms with Gasteiger partial charge in [-0.3, -0.25) is 9.59 Å². The Morgan fingerprint density at radius 1 is 0.700 bits per heavy atom. The van der Waals surface area contributed by atoms with E-state index in [9.17, 15) is 9.59 Å². The van der Waals surface area contributed by atoms with Gasteiger partial charge in [0.05, 0.1) is 6.54 Å². The zero-order valence-electron chi connectivity index (χ0n) is 17.4. The third kappa shape index (κ3) is 6.78. The fourth-order valence-corrected chi connectivity index (χ4v) is 3.23. The second kappa shape index (κ2) is 10.3. The molecule has 0 radical (unpaired) electrons. The van der Waals surface area contributed by atoms with E-state index < -0.39 is 0 Å². The Hall–Kier alpha value is -3.60. The van der Waals surface area contributed by atoms with E-state index in [1.54, 1.807) is 24.3 Å². The molecule has 0 heterocycles. The summed E-state index contributed by atoms with van der Waals surface area (Å²) >= 11 is 0. The Morgan fingerprint density at radius 3 is 1.87 bits per heavy atom. The maximum atomic E-state index is 12.2. The molecule has 154 valence electrons. The van der Waals surface area contributed by atoms with Gasteiger partial charge in [0.2, 0.25) is 11.8 Å². The summed E-state index contributed by atoms with van der Waals surface area (Å²) in [4.78, 5) is 24.3. The summed E-state index contributed by atoms with van der Waals surface area (Å²) in [6, 6.07) is 23.2. The van der Waals surface area contributed by atoms with Gasteiger partial charge in [-0.2, -0.15) is 0 Å². The lowest BCUT2D eigenvalue weighted by atomic mass is 10.1. The van der Waals surface area contributed by atoms with Crippen LogP contribution in [0.25, 0.3) is 0 Å². The molecule has 0 aromatic heterocycles. The van der Waals surface area contributed by atoms with Crippen LogP contribution in [0.4, 0.5) is 17.1 Å². The van der Waals surface area contributed by atoms with Gasteiger partial charge < -0.3 is 16.0 Å². The SMILES string of the molecule is Cc1cc(C)cc(NCC(=O)Nc2ccc(NC(=O)CCc3ccccc3)cc2)c1. The molecular formula is C25H27N3O2. The highest BCUT2D eigenvalue weighted by molar-refractivity contribution is 5.94. The smallest absolute Gasteiger partial charge is 0.243 e. The van der Waals surface area contributed by atoms with Gasteiger partial charge in [0, 0.05) is 23.5 Å². The first-order valence-corrected chi connectivity index (χ1v) is 10.0. The van der Waals surface area contributed by atoms with Gasteiger partial charge in [0.15, 0.2) is 0 Å². The molecule has 0 bridgehead atoms. The van der Waals surface area contributed by atoms with Crippen LogP contribution >= 0.6 is 0 Å². The highest BCUT2D eigenvalue weighted by Crippen LogP contribution is 2.15. The molecule has 0 saturated carbocycles. The summed E-state index contributed by atoms with van der Waals surface area (Å²) in [5, 5.41) is 8.88. The molecule has 0 unspecified atom stereocenters. The maximum absolute atomic E-state index is 12.2. The number of hydrogen-bond donors (Lipinski definition) is 3. The molecule has 0 aliphatic carbocycles. The second-order valence-corrected chi connectivity index (χ2v) is 7.39. The Kier molecular flexibility index (Phi) is 7.22. The van der Waals surface area contributed by atoms with E-state index in [1.807, 2.05) is 56.3 Å². The first-order valence-electron chi connectivity index (χ1n) is 10.0. The molecule has 3 aromatic carbocycles. The van der Waals surface area contributed by atoms with Crippen LogP contribution in [0.1, 0.15) is 23.1 Å². The van der Waals surface area contributed by atoms with E-state index >= 15 is 0 Å². The Labute approximate surface area is 177 Å². The fourth-order valence-electron chi connectivity index (χ4n) is 3.23. The van der Waals surface area contributed by atoms with Crippen LogP contribution in [-0.2, 0) is 16.0 Å². The number of amides is 2. The van der Waals surface area contributed by atoms with Crippen LogP contribution in [0.3, 0.4) is 0 Å². The molecule has 0 aliphatic rings. The highest BCUT2D eigenvalue weighted by Gasteiger charge is 2.06. The number of benzene rings is 3. The molecule has 0 spiro atoms. The molecule has 3 aromatic rings. The summed E-state index contributed by atoms with van der Waals surface area (Å²) in [5.41, 5.74) is 5.76. The topological polar surface area (TPSA) is 70.2 Å². The minimum absolute atomic E-state index is 0.0340.